The lowest BCUT2D eigenvalue weighted by atomic mass is 9.66. The predicted molar refractivity (Wildman–Crippen MR) is 121 cm³/mol. The van der Waals surface area contributed by atoms with E-state index in [0.29, 0.717) is 17.8 Å². The molecule has 1 aliphatic carbocycles. The third kappa shape index (κ3) is 4.01. The molecule has 5 nitrogen and oxygen atoms in total. The van der Waals surface area contributed by atoms with Crippen LogP contribution in [0.25, 0.3) is 0 Å². The standard InChI is InChI=1S/C24H24BrN3O2/c1-14-20(23(30)28-19-6-4-5-11-26-19)21(15-7-9-16(25)10-8-15)22-17(27-14)12-24(2,3)13-18(22)29/h4-11,20-21H,12-13H2,1-3H3,(H,26,28,30)/t20?,21-/m0/s1. The van der Waals surface area contributed by atoms with E-state index in [9.17, 15) is 9.59 Å². The summed E-state index contributed by atoms with van der Waals surface area (Å²) >= 11 is 3.48. The van der Waals surface area contributed by atoms with E-state index < -0.39 is 5.92 Å². The first-order chi connectivity index (χ1) is 14.2. The van der Waals surface area contributed by atoms with E-state index in [4.69, 9.17) is 4.99 Å². The topological polar surface area (TPSA) is 71.4 Å². The number of ketones is 1. The van der Waals surface area contributed by atoms with E-state index in [1.165, 1.54) is 0 Å². The fraction of sp³-hybridized carbons (Fsp3) is 0.333. The van der Waals surface area contributed by atoms with Gasteiger partial charge >= 0.3 is 0 Å². The molecule has 1 amide bonds. The van der Waals surface area contributed by atoms with Crippen molar-refractivity contribution >= 4 is 39.1 Å². The molecule has 30 heavy (non-hydrogen) atoms. The first kappa shape index (κ1) is 20.7. The van der Waals surface area contributed by atoms with Gasteiger partial charge < -0.3 is 5.32 Å². The maximum atomic E-state index is 13.4. The van der Waals surface area contributed by atoms with Crippen LogP contribution in [0, 0.1) is 11.3 Å². The summed E-state index contributed by atoms with van der Waals surface area (Å²) in [4.78, 5) is 35.6. The highest BCUT2D eigenvalue weighted by Gasteiger charge is 2.45. The molecule has 2 atom stereocenters. The molecule has 2 heterocycles. The van der Waals surface area contributed by atoms with Crippen molar-refractivity contribution in [1.82, 2.24) is 4.98 Å². The molecule has 1 aliphatic heterocycles. The van der Waals surface area contributed by atoms with Crippen molar-refractivity contribution in [3.63, 3.8) is 0 Å². The number of nitrogens with one attached hydrogen (secondary N) is 1. The molecule has 0 fully saturated rings. The number of allylic oxidation sites excluding steroid dienone is 2. The van der Waals surface area contributed by atoms with Crippen molar-refractivity contribution in [2.45, 2.75) is 39.5 Å². The largest absolute Gasteiger partial charge is 0.310 e. The minimum Gasteiger partial charge on any atom is -0.310 e. The van der Waals surface area contributed by atoms with Crippen molar-refractivity contribution in [1.29, 1.82) is 0 Å². The number of benzene rings is 1. The molecule has 0 saturated heterocycles. The number of hydrogen-bond donors (Lipinski definition) is 1. The van der Waals surface area contributed by atoms with Crippen molar-refractivity contribution in [3.8, 4) is 0 Å². The minimum atomic E-state index is -0.572. The quantitative estimate of drug-likeness (QED) is 0.668. The van der Waals surface area contributed by atoms with Crippen LogP contribution in [0.5, 0.6) is 0 Å². The Kier molecular flexibility index (Phi) is 5.45. The summed E-state index contributed by atoms with van der Waals surface area (Å²) in [7, 11) is 0. The molecule has 0 spiro atoms. The number of anilines is 1. The Morgan fingerprint density at radius 2 is 1.87 bits per heavy atom. The maximum Gasteiger partial charge on any atom is 0.235 e. The third-order valence-electron chi connectivity index (χ3n) is 5.73. The zero-order valence-electron chi connectivity index (χ0n) is 17.3. The SMILES string of the molecule is CC1=NC2=C(C(=O)CC(C)(C)C2)[C@@H](c2ccc(Br)cc2)C1C(=O)Nc1ccccn1. The molecule has 154 valence electrons. The second-order valence-corrected chi connectivity index (χ2v) is 9.68. The number of hydrogen-bond acceptors (Lipinski definition) is 4. The molecule has 1 aromatic carbocycles. The number of carbonyl (C=O) groups is 2. The molecule has 1 aromatic heterocycles. The van der Waals surface area contributed by atoms with Gasteiger partial charge in [0.1, 0.15) is 5.82 Å². The molecule has 2 aliphatic rings. The highest BCUT2D eigenvalue weighted by atomic mass is 79.9. The number of Topliss-reactive ketones (excluding diaryl/α,β-unsaturated/α-hetero) is 1. The van der Waals surface area contributed by atoms with Crippen LogP contribution in [-0.2, 0) is 9.59 Å². The number of rotatable bonds is 3. The minimum absolute atomic E-state index is 0.0843. The van der Waals surface area contributed by atoms with E-state index in [1.54, 1.807) is 18.3 Å². The Morgan fingerprint density at radius 3 is 2.53 bits per heavy atom. The molecule has 4 rings (SSSR count). The molecule has 2 aromatic rings. The van der Waals surface area contributed by atoms with Gasteiger partial charge in [-0.1, -0.05) is 48.0 Å². The Labute approximate surface area is 184 Å². The van der Waals surface area contributed by atoms with Gasteiger partial charge in [0.15, 0.2) is 5.78 Å². The van der Waals surface area contributed by atoms with Crippen molar-refractivity contribution in [2.75, 3.05) is 5.32 Å². The fourth-order valence-electron chi connectivity index (χ4n) is 4.46. The number of aromatic nitrogens is 1. The summed E-state index contributed by atoms with van der Waals surface area (Å²) in [5.74, 6) is -0.566. The number of amides is 1. The van der Waals surface area contributed by atoms with Gasteiger partial charge in [-0.3, -0.25) is 14.6 Å². The van der Waals surface area contributed by atoms with Gasteiger partial charge in [0.25, 0.3) is 0 Å². The predicted octanol–water partition coefficient (Wildman–Crippen LogP) is 5.30. The van der Waals surface area contributed by atoms with Gasteiger partial charge in [0.2, 0.25) is 5.91 Å². The second kappa shape index (κ2) is 7.91. The lowest BCUT2D eigenvalue weighted by Crippen LogP contribution is -2.41. The Bertz CT molecular complexity index is 1060. The first-order valence-corrected chi connectivity index (χ1v) is 10.8. The summed E-state index contributed by atoms with van der Waals surface area (Å²) in [6, 6.07) is 13.2. The maximum absolute atomic E-state index is 13.4. The monoisotopic (exact) mass is 465 g/mol. The van der Waals surface area contributed by atoms with Crippen LogP contribution in [0.3, 0.4) is 0 Å². The Morgan fingerprint density at radius 1 is 1.13 bits per heavy atom. The number of halogens is 1. The number of pyridine rings is 1. The lowest BCUT2D eigenvalue weighted by Gasteiger charge is -2.39. The van der Waals surface area contributed by atoms with Crippen molar-refractivity contribution in [2.24, 2.45) is 16.3 Å². The van der Waals surface area contributed by atoms with E-state index in [1.807, 2.05) is 37.3 Å². The zero-order chi connectivity index (χ0) is 21.5. The molecule has 1 unspecified atom stereocenters. The van der Waals surface area contributed by atoms with Gasteiger partial charge in [-0.25, -0.2) is 4.98 Å². The van der Waals surface area contributed by atoms with Gasteiger partial charge in [-0.15, -0.1) is 0 Å². The lowest BCUT2D eigenvalue weighted by molar-refractivity contribution is -0.119. The molecule has 0 radical (unpaired) electrons. The summed E-state index contributed by atoms with van der Waals surface area (Å²) in [5, 5.41) is 2.91. The molecule has 0 bridgehead atoms. The average Bonchev–Trinajstić information content (AvgIpc) is 2.67. The highest BCUT2D eigenvalue weighted by molar-refractivity contribution is 9.10. The number of nitrogens with zero attached hydrogens (tertiary/aromatic N) is 2. The van der Waals surface area contributed by atoms with Gasteiger partial charge in [0, 0.05) is 40.0 Å². The normalized spacial score (nSPS) is 22.9. The van der Waals surface area contributed by atoms with E-state index in [-0.39, 0.29) is 23.0 Å². The van der Waals surface area contributed by atoms with Gasteiger partial charge in [-0.05, 0) is 48.6 Å². The van der Waals surface area contributed by atoms with Crippen molar-refractivity contribution in [3.05, 3.63) is 70.0 Å². The third-order valence-corrected chi connectivity index (χ3v) is 6.26. The van der Waals surface area contributed by atoms with Crippen LogP contribution in [0.2, 0.25) is 0 Å². The highest BCUT2D eigenvalue weighted by Crippen LogP contribution is 2.47. The first-order valence-electron chi connectivity index (χ1n) is 10.0. The second-order valence-electron chi connectivity index (χ2n) is 8.77. The van der Waals surface area contributed by atoms with Crippen LogP contribution in [0.15, 0.2) is 69.4 Å². The Balaban J connectivity index is 1.80. The number of carbonyl (C=O) groups excluding carboxylic acids is 2. The van der Waals surface area contributed by atoms with Crippen LogP contribution in [0.1, 0.15) is 45.1 Å². The smallest absolute Gasteiger partial charge is 0.235 e. The molecular weight excluding hydrogens is 442 g/mol. The number of aliphatic imine (C=N–C) groups is 1. The fourth-order valence-corrected chi connectivity index (χ4v) is 4.72. The summed E-state index contributed by atoms with van der Waals surface area (Å²) in [5.41, 5.74) is 3.04. The van der Waals surface area contributed by atoms with Crippen LogP contribution >= 0.6 is 15.9 Å². The molecule has 6 heteroatoms. The molecule has 0 saturated carbocycles. The molecular formula is C24H24BrN3O2. The van der Waals surface area contributed by atoms with Crippen LogP contribution < -0.4 is 5.32 Å². The Hall–Kier alpha value is -2.60. The van der Waals surface area contributed by atoms with Crippen LogP contribution in [-0.4, -0.2) is 22.4 Å². The van der Waals surface area contributed by atoms with Crippen molar-refractivity contribution < 1.29 is 9.59 Å². The summed E-state index contributed by atoms with van der Waals surface area (Å²) in [6.07, 6.45) is 2.83. The molecule has 1 N–H and O–H groups in total. The zero-order valence-corrected chi connectivity index (χ0v) is 18.9. The van der Waals surface area contributed by atoms with E-state index in [2.05, 4.69) is 40.1 Å². The van der Waals surface area contributed by atoms with Crippen LogP contribution in [0.4, 0.5) is 5.82 Å². The summed E-state index contributed by atoms with van der Waals surface area (Å²) < 4.78 is 0.951. The van der Waals surface area contributed by atoms with E-state index in [0.717, 1.165) is 27.9 Å². The average molecular weight is 466 g/mol. The summed E-state index contributed by atoms with van der Waals surface area (Å²) in [6.45, 7) is 6.06. The van der Waals surface area contributed by atoms with Gasteiger partial charge in [0.05, 0.1) is 5.92 Å². The van der Waals surface area contributed by atoms with E-state index >= 15 is 0 Å². The van der Waals surface area contributed by atoms with Gasteiger partial charge in [-0.2, -0.15) is 0 Å².